The fourth-order valence-electron chi connectivity index (χ4n) is 2.04. The summed E-state index contributed by atoms with van der Waals surface area (Å²) < 4.78 is 1.69. The summed E-state index contributed by atoms with van der Waals surface area (Å²) in [6.07, 6.45) is 3.48. The van der Waals surface area contributed by atoms with Gasteiger partial charge in [0.15, 0.2) is 0 Å². The second-order valence-electron chi connectivity index (χ2n) is 4.22. The van der Waals surface area contributed by atoms with Crippen LogP contribution in [0, 0.1) is 0 Å². The zero-order valence-electron chi connectivity index (χ0n) is 9.99. The zero-order chi connectivity index (χ0) is 12.5. The minimum atomic E-state index is -0.227. The van der Waals surface area contributed by atoms with Gasteiger partial charge in [-0.15, -0.1) is 5.10 Å². The van der Waals surface area contributed by atoms with Crippen LogP contribution >= 0.6 is 0 Å². The van der Waals surface area contributed by atoms with Gasteiger partial charge in [0.25, 0.3) is 0 Å². The maximum absolute atomic E-state index is 6.23. The maximum Gasteiger partial charge on any atom is 0.0796 e. The van der Waals surface area contributed by atoms with Gasteiger partial charge < -0.3 is 5.73 Å². The summed E-state index contributed by atoms with van der Waals surface area (Å²) in [5.41, 5.74) is 9.12. The van der Waals surface area contributed by atoms with Crippen molar-refractivity contribution in [3.05, 3.63) is 54.0 Å². The average Bonchev–Trinajstić information content (AvgIpc) is 2.83. The molecule has 0 amide bonds. The standard InChI is InChI=1S/C13H13N5/c1-18-12(8-16-17-18)13(14)10-4-5-11-9(7-10)3-2-6-15-11/h2-8,13H,14H2,1H3. The lowest BCUT2D eigenvalue weighted by Gasteiger charge is -2.12. The Labute approximate surface area is 104 Å². The van der Waals surface area contributed by atoms with Gasteiger partial charge >= 0.3 is 0 Å². The first-order chi connectivity index (χ1) is 8.75. The Kier molecular flexibility index (Phi) is 2.53. The van der Waals surface area contributed by atoms with E-state index in [0.29, 0.717) is 0 Å². The first-order valence-corrected chi connectivity index (χ1v) is 5.70. The Balaban J connectivity index is 2.07. The average molecular weight is 239 g/mol. The highest BCUT2D eigenvalue weighted by Crippen LogP contribution is 2.21. The molecular formula is C13H13N5. The topological polar surface area (TPSA) is 69.6 Å². The molecule has 0 radical (unpaired) electrons. The molecule has 0 saturated carbocycles. The number of hydrogen-bond donors (Lipinski definition) is 1. The minimum absolute atomic E-state index is 0.227. The molecule has 1 unspecified atom stereocenters. The number of hydrogen-bond acceptors (Lipinski definition) is 4. The predicted molar refractivity (Wildman–Crippen MR) is 68.8 cm³/mol. The van der Waals surface area contributed by atoms with Crippen LogP contribution in [-0.2, 0) is 7.05 Å². The number of nitrogens with zero attached hydrogens (tertiary/aromatic N) is 4. The number of aromatic nitrogens is 4. The lowest BCUT2D eigenvalue weighted by atomic mass is 10.0. The van der Waals surface area contributed by atoms with Crippen molar-refractivity contribution in [3.63, 3.8) is 0 Å². The van der Waals surface area contributed by atoms with Crippen LogP contribution in [0.1, 0.15) is 17.3 Å². The Morgan fingerprint density at radius 1 is 1.28 bits per heavy atom. The van der Waals surface area contributed by atoms with Gasteiger partial charge in [0, 0.05) is 18.6 Å². The molecule has 2 heterocycles. The summed E-state index contributed by atoms with van der Waals surface area (Å²) in [7, 11) is 1.84. The van der Waals surface area contributed by atoms with Crippen LogP contribution in [-0.4, -0.2) is 20.0 Å². The second kappa shape index (κ2) is 4.19. The molecule has 0 spiro atoms. The van der Waals surface area contributed by atoms with Crippen molar-refractivity contribution >= 4 is 10.9 Å². The molecule has 0 bridgehead atoms. The summed E-state index contributed by atoms with van der Waals surface area (Å²) >= 11 is 0. The first kappa shape index (κ1) is 10.9. The van der Waals surface area contributed by atoms with Crippen molar-refractivity contribution in [1.82, 2.24) is 20.0 Å². The molecule has 0 saturated heterocycles. The number of fused-ring (bicyclic) bond motifs is 1. The lowest BCUT2D eigenvalue weighted by molar-refractivity contribution is 0.651. The molecule has 1 atom stereocenters. The predicted octanol–water partition coefficient (Wildman–Crippen LogP) is 1.41. The number of benzene rings is 1. The van der Waals surface area contributed by atoms with E-state index in [1.165, 1.54) is 0 Å². The van der Waals surface area contributed by atoms with Crippen LogP contribution in [0.5, 0.6) is 0 Å². The van der Waals surface area contributed by atoms with Gasteiger partial charge in [-0.05, 0) is 23.8 Å². The third-order valence-corrected chi connectivity index (χ3v) is 3.05. The summed E-state index contributed by atoms with van der Waals surface area (Å²) in [5.74, 6) is 0. The van der Waals surface area contributed by atoms with Gasteiger partial charge in [-0.1, -0.05) is 17.3 Å². The molecule has 18 heavy (non-hydrogen) atoms. The van der Waals surface area contributed by atoms with Crippen LogP contribution < -0.4 is 5.73 Å². The van der Waals surface area contributed by atoms with E-state index in [4.69, 9.17) is 5.73 Å². The quantitative estimate of drug-likeness (QED) is 0.734. The monoisotopic (exact) mass is 239 g/mol. The Morgan fingerprint density at radius 3 is 2.94 bits per heavy atom. The third-order valence-electron chi connectivity index (χ3n) is 3.05. The van der Waals surface area contributed by atoms with Crippen molar-refractivity contribution in [2.45, 2.75) is 6.04 Å². The number of nitrogens with two attached hydrogens (primary N) is 1. The molecule has 1 aromatic carbocycles. The molecular weight excluding hydrogens is 226 g/mol. The van der Waals surface area contributed by atoms with Crippen LogP contribution in [0.2, 0.25) is 0 Å². The van der Waals surface area contributed by atoms with E-state index in [2.05, 4.69) is 21.4 Å². The molecule has 0 aliphatic heterocycles. The van der Waals surface area contributed by atoms with Gasteiger partial charge in [0.2, 0.25) is 0 Å². The van der Waals surface area contributed by atoms with Crippen LogP contribution in [0.15, 0.2) is 42.7 Å². The maximum atomic E-state index is 6.23. The molecule has 5 heteroatoms. The van der Waals surface area contributed by atoms with E-state index in [-0.39, 0.29) is 6.04 Å². The normalized spacial score (nSPS) is 12.8. The van der Waals surface area contributed by atoms with Crippen molar-refractivity contribution < 1.29 is 0 Å². The highest BCUT2D eigenvalue weighted by atomic mass is 15.4. The Morgan fingerprint density at radius 2 is 2.17 bits per heavy atom. The molecule has 0 fully saturated rings. The van der Waals surface area contributed by atoms with Gasteiger partial charge in [-0.2, -0.15) is 0 Å². The van der Waals surface area contributed by atoms with Gasteiger partial charge in [0.05, 0.1) is 23.4 Å². The van der Waals surface area contributed by atoms with E-state index >= 15 is 0 Å². The van der Waals surface area contributed by atoms with Gasteiger partial charge in [0.1, 0.15) is 0 Å². The van der Waals surface area contributed by atoms with Gasteiger partial charge in [-0.3, -0.25) is 9.67 Å². The fraction of sp³-hybridized carbons (Fsp3) is 0.154. The fourth-order valence-corrected chi connectivity index (χ4v) is 2.04. The van der Waals surface area contributed by atoms with Crippen molar-refractivity contribution in [2.24, 2.45) is 12.8 Å². The van der Waals surface area contributed by atoms with Gasteiger partial charge in [-0.25, -0.2) is 0 Å². The van der Waals surface area contributed by atoms with Crippen LogP contribution in [0.4, 0.5) is 0 Å². The summed E-state index contributed by atoms with van der Waals surface area (Å²) in [5, 5.41) is 8.83. The molecule has 2 N–H and O–H groups in total. The largest absolute Gasteiger partial charge is 0.319 e. The summed E-state index contributed by atoms with van der Waals surface area (Å²) in [6.45, 7) is 0. The van der Waals surface area contributed by atoms with Crippen molar-refractivity contribution in [1.29, 1.82) is 0 Å². The van der Waals surface area contributed by atoms with E-state index in [0.717, 1.165) is 22.2 Å². The van der Waals surface area contributed by atoms with Crippen molar-refractivity contribution in [3.8, 4) is 0 Å². The Bertz CT molecular complexity index is 688. The molecule has 2 aromatic heterocycles. The number of rotatable bonds is 2. The second-order valence-corrected chi connectivity index (χ2v) is 4.22. The van der Waals surface area contributed by atoms with Crippen LogP contribution in [0.25, 0.3) is 10.9 Å². The number of aryl methyl sites for hydroxylation is 1. The van der Waals surface area contributed by atoms with Crippen molar-refractivity contribution in [2.75, 3.05) is 0 Å². The van der Waals surface area contributed by atoms with E-state index in [1.54, 1.807) is 17.1 Å². The first-order valence-electron chi connectivity index (χ1n) is 5.70. The molecule has 5 nitrogen and oxygen atoms in total. The zero-order valence-corrected chi connectivity index (χ0v) is 9.99. The molecule has 3 rings (SSSR count). The van der Waals surface area contributed by atoms with E-state index < -0.39 is 0 Å². The van der Waals surface area contributed by atoms with E-state index in [1.807, 2.05) is 31.3 Å². The molecule has 3 aromatic rings. The number of pyridine rings is 1. The lowest BCUT2D eigenvalue weighted by Crippen LogP contribution is -2.15. The highest BCUT2D eigenvalue weighted by molar-refractivity contribution is 5.79. The Hall–Kier alpha value is -2.27. The molecule has 90 valence electrons. The van der Waals surface area contributed by atoms with E-state index in [9.17, 15) is 0 Å². The minimum Gasteiger partial charge on any atom is -0.319 e. The highest BCUT2D eigenvalue weighted by Gasteiger charge is 2.13. The summed E-state index contributed by atoms with van der Waals surface area (Å²) in [4.78, 5) is 4.29. The third kappa shape index (κ3) is 1.74. The smallest absolute Gasteiger partial charge is 0.0796 e. The SMILES string of the molecule is Cn1nncc1C(N)c1ccc2ncccc2c1. The molecule has 0 aliphatic rings. The van der Waals surface area contributed by atoms with Crippen LogP contribution in [0.3, 0.4) is 0 Å². The molecule has 0 aliphatic carbocycles. The summed E-state index contributed by atoms with van der Waals surface area (Å²) in [6, 6.07) is 9.75.